The van der Waals surface area contributed by atoms with Gasteiger partial charge < -0.3 is 14.9 Å². The highest BCUT2D eigenvalue weighted by Gasteiger charge is 2.33. The first-order valence-corrected chi connectivity index (χ1v) is 6.01. The van der Waals surface area contributed by atoms with Gasteiger partial charge >= 0.3 is 6.09 Å². The van der Waals surface area contributed by atoms with E-state index in [9.17, 15) is 4.79 Å². The minimum Gasteiger partial charge on any atom is -0.465 e. The summed E-state index contributed by atoms with van der Waals surface area (Å²) in [6.07, 6.45) is 2.05. The number of piperazine rings is 1. The zero-order chi connectivity index (χ0) is 14.0. The summed E-state index contributed by atoms with van der Waals surface area (Å²) in [6.45, 7) is 4.71. The molecular weight excluding hydrogens is 246 g/mol. The second-order valence-electron chi connectivity index (χ2n) is 4.68. The highest BCUT2D eigenvalue weighted by molar-refractivity contribution is 5.65. The van der Waals surface area contributed by atoms with Gasteiger partial charge in [-0.3, -0.25) is 0 Å². The lowest BCUT2D eigenvalue weighted by atomic mass is 10.1. The average Bonchev–Trinajstić information content (AvgIpc) is 2.38. The summed E-state index contributed by atoms with van der Waals surface area (Å²) >= 11 is 0. The Morgan fingerprint density at radius 2 is 1.89 bits per heavy atom. The molecule has 0 unspecified atom stereocenters. The van der Waals surface area contributed by atoms with E-state index < -0.39 is 6.09 Å². The molecule has 2 rings (SSSR count). The van der Waals surface area contributed by atoms with E-state index in [1.54, 1.807) is 0 Å². The number of aromatic nitrogens is 2. The Morgan fingerprint density at radius 3 is 2.32 bits per heavy atom. The molecule has 1 N–H and O–H groups in total. The molecule has 7 nitrogen and oxygen atoms in total. The second-order valence-corrected chi connectivity index (χ2v) is 4.68. The zero-order valence-electron chi connectivity index (χ0n) is 10.8. The van der Waals surface area contributed by atoms with Crippen LogP contribution in [-0.4, -0.2) is 51.2 Å². The summed E-state index contributed by atoms with van der Waals surface area (Å²) in [4.78, 5) is 22.7. The van der Waals surface area contributed by atoms with Gasteiger partial charge in [0.05, 0.1) is 18.0 Å². The number of hydrogen-bond acceptors (Lipinski definition) is 5. The predicted octanol–water partition coefficient (Wildman–Crippen LogP) is 0.925. The van der Waals surface area contributed by atoms with Gasteiger partial charge in [-0.2, -0.15) is 5.26 Å². The van der Waals surface area contributed by atoms with Crippen molar-refractivity contribution in [2.24, 2.45) is 0 Å². The smallest absolute Gasteiger partial charge is 0.407 e. The number of carbonyl (C=O) groups is 1. The summed E-state index contributed by atoms with van der Waals surface area (Å²) in [5.74, 6) is 0.532. The number of anilines is 1. The molecule has 1 amide bonds. The van der Waals surface area contributed by atoms with Crippen LogP contribution < -0.4 is 4.90 Å². The Hall–Kier alpha value is -2.36. The minimum absolute atomic E-state index is 0.00668. The lowest BCUT2D eigenvalue weighted by Gasteiger charge is -2.43. The van der Waals surface area contributed by atoms with Gasteiger partial charge in [-0.15, -0.1) is 0 Å². The van der Waals surface area contributed by atoms with Crippen LogP contribution in [0.4, 0.5) is 10.7 Å². The maximum absolute atomic E-state index is 11.0. The van der Waals surface area contributed by atoms with Crippen molar-refractivity contribution in [2.75, 3.05) is 18.0 Å². The van der Waals surface area contributed by atoms with Gasteiger partial charge in [0.15, 0.2) is 0 Å². The lowest BCUT2D eigenvalue weighted by molar-refractivity contribution is 0.128. The molecule has 1 saturated heterocycles. The minimum atomic E-state index is -0.904. The van der Waals surface area contributed by atoms with Crippen LogP contribution in [0.1, 0.15) is 19.4 Å². The molecule has 0 aliphatic carbocycles. The van der Waals surface area contributed by atoms with E-state index >= 15 is 0 Å². The van der Waals surface area contributed by atoms with Crippen LogP contribution in [0.3, 0.4) is 0 Å². The summed E-state index contributed by atoms with van der Waals surface area (Å²) < 4.78 is 0. The molecule has 7 heteroatoms. The van der Waals surface area contributed by atoms with Gasteiger partial charge in [0.1, 0.15) is 6.07 Å². The molecule has 19 heavy (non-hydrogen) atoms. The van der Waals surface area contributed by atoms with E-state index in [0.717, 1.165) is 0 Å². The Kier molecular flexibility index (Phi) is 3.51. The van der Waals surface area contributed by atoms with Crippen molar-refractivity contribution >= 4 is 12.0 Å². The van der Waals surface area contributed by atoms with Crippen molar-refractivity contribution in [1.82, 2.24) is 14.9 Å². The van der Waals surface area contributed by atoms with E-state index in [-0.39, 0.29) is 12.1 Å². The van der Waals surface area contributed by atoms with Crippen molar-refractivity contribution in [1.29, 1.82) is 5.26 Å². The van der Waals surface area contributed by atoms with E-state index in [1.165, 1.54) is 17.3 Å². The maximum atomic E-state index is 11.0. The largest absolute Gasteiger partial charge is 0.465 e. The van der Waals surface area contributed by atoms with Gasteiger partial charge in [0.25, 0.3) is 0 Å². The lowest BCUT2D eigenvalue weighted by Crippen LogP contribution is -2.58. The summed E-state index contributed by atoms with van der Waals surface area (Å²) in [7, 11) is 0. The number of nitrogens with zero attached hydrogens (tertiary/aromatic N) is 5. The van der Waals surface area contributed by atoms with Crippen LogP contribution >= 0.6 is 0 Å². The first-order chi connectivity index (χ1) is 9.02. The molecule has 0 radical (unpaired) electrons. The van der Waals surface area contributed by atoms with Crippen molar-refractivity contribution in [3.63, 3.8) is 0 Å². The zero-order valence-corrected chi connectivity index (χ0v) is 10.8. The first kappa shape index (κ1) is 13.1. The van der Waals surface area contributed by atoms with Crippen LogP contribution in [0.2, 0.25) is 0 Å². The van der Waals surface area contributed by atoms with Gasteiger partial charge in [0, 0.05) is 25.2 Å². The Morgan fingerprint density at radius 1 is 1.37 bits per heavy atom. The summed E-state index contributed by atoms with van der Waals surface area (Å²) in [6, 6.07) is 1.96. The number of rotatable bonds is 1. The van der Waals surface area contributed by atoms with Gasteiger partial charge in [-0.05, 0) is 13.8 Å². The molecule has 2 atom stereocenters. The highest BCUT2D eigenvalue weighted by Crippen LogP contribution is 2.21. The molecular formula is C12H15N5O2. The normalized spacial score (nSPS) is 23.0. The van der Waals surface area contributed by atoms with Gasteiger partial charge in [-0.25, -0.2) is 14.8 Å². The maximum Gasteiger partial charge on any atom is 0.407 e. The molecule has 0 spiro atoms. The van der Waals surface area contributed by atoms with Crippen molar-refractivity contribution in [2.45, 2.75) is 25.9 Å². The fraction of sp³-hybridized carbons (Fsp3) is 0.500. The molecule has 100 valence electrons. The molecule has 1 aromatic heterocycles. The van der Waals surface area contributed by atoms with E-state index in [1.807, 2.05) is 24.8 Å². The molecule has 1 aliphatic heterocycles. The fourth-order valence-corrected chi connectivity index (χ4v) is 2.39. The third kappa shape index (κ3) is 2.57. The second kappa shape index (κ2) is 5.10. The molecule has 0 aromatic carbocycles. The fourth-order valence-electron chi connectivity index (χ4n) is 2.39. The van der Waals surface area contributed by atoms with Crippen molar-refractivity contribution in [3.05, 3.63) is 18.0 Å². The summed E-state index contributed by atoms with van der Waals surface area (Å²) in [5.41, 5.74) is 0.410. The SMILES string of the molecule is C[C@H]1CN(C(=O)O)C[C@H](C)N1c1ncc(C#N)cn1. The van der Waals surface area contributed by atoms with Gasteiger partial charge in [0.2, 0.25) is 5.95 Å². The predicted molar refractivity (Wildman–Crippen MR) is 67.7 cm³/mol. The highest BCUT2D eigenvalue weighted by atomic mass is 16.4. The number of amides is 1. The van der Waals surface area contributed by atoms with Crippen molar-refractivity contribution in [3.8, 4) is 6.07 Å². The molecule has 0 bridgehead atoms. The standard InChI is InChI=1S/C12H15N5O2/c1-8-6-16(12(18)19)7-9(2)17(8)11-14-4-10(3-13)5-15-11/h4-5,8-9H,6-7H2,1-2H3,(H,18,19)/t8-,9-/m0/s1. The monoisotopic (exact) mass is 261 g/mol. The molecule has 1 aromatic rings. The van der Waals surface area contributed by atoms with Crippen LogP contribution in [0.25, 0.3) is 0 Å². The molecule has 1 aliphatic rings. The van der Waals surface area contributed by atoms with Gasteiger partial charge in [-0.1, -0.05) is 0 Å². The topological polar surface area (TPSA) is 93.4 Å². The van der Waals surface area contributed by atoms with Crippen LogP contribution in [-0.2, 0) is 0 Å². The van der Waals surface area contributed by atoms with Crippen LogP contribution in [0, 0.1) is 11.3 Å². The van der Waals surface area contributed by atoms with E-state index in [0.29, 0.717) is 24.6 Å². The quantitative estimate of drug-likeness (QED) is 0.808. The number of carboxylic acid groups (broad SMARTS) is 1. The first-order valence-electron chi connectivity index (χ1n) is 6.01. The number of hydrogen-bond donors (Lipinski definition) is 1. The van der Waals surface area contributed by atoms with E-state index in [4.69, 9.17) is 10.4 Å². The third-order valence-corrected chi connectivity index (χ3v) is 3.19. The number of nitriles is 1. The van der Waals surface area contributed by atoms with Crippen molar-refractivity contribution < 1.29 is 9.90 Å². The van der Waals surface area contributed by atoms with Crippen LogP contribution in [0.15, 0.2) is 12.4 Å². The molecule has 0 saturated carbocycles. The average molecular weight is 261 g/mol. The Bertz CT molecular complexity index is 498. The Balaban J connectivity index is 2.20. The molecule has 1 fully saturated rings. The summed E-state index contributed by atoms with van der Waals surface area (Å²) in [5, 5.41) is 17.8. The third-order valence-electron chi connectivity index (χ3n) is 3.19. The van der Waals surface area contributed by atoms with Crippen LogP contribution in [0.5, 0.6) is 0 Å². The van der Waals surface area contributed by atoms with E-state index in [2.05, 4.69) is 9.97 Å². The molecule has 2 heterocycles. The Labute approximate surface area is 111 Å².